The summed E-state index contributed by atoms with van der Waals surface area (Å²) in [5.74, 6) is 0.798. The van der Waals surface area contributed by atoms with Crippen molar-refractivity contribution in [3.8, 4) is 0 Å². The normalized spacial score (nSPS) is 12.6. The summed E-state index contributed by atoms with van der Waals surface area (Å²) in [7, 11) is 0. The van der Waals surface area contributed by atoms with Gasteiger partial charge in [-0.3, -0.25) is 4.79 Å². The molecule has 0 aliphatic rings. The van der Waals surface area contributed by atoms with Crippen LogP contribution in [0.5, 0.6) is 0 Å². The van der Waals surface area contributed by atoms with Crippen molar-refractivity contribution in [1.29, 1.82) is 0 Å². The summed E-state index contributed by atoms with van der Waals surface area (Å²) < 4.78 is 0. The van der Waals surface area contributed by atoms with Gasteiger partial charge in [0, 0.05) is 17.2 Å². The molecule has 1 atom stereocenters. The van der Waals surface area contributed by atoms with Crippen molar-refractivity contribution in [1.82, 2.24) is 4.98 Å². The van der Waals surface area contributed by atoms with E-state index in [0.29, 0.717) is 5.25 Å². The van der Waals surface area contributed by atoms with Gasteiger partial charge in [0.05, 0.1) is 0 Å². The first-order chi connectivity index (χ1) is 8.70. The average molecular weight is 262 g/mol. The van der Waals surface area contributed by atoms with Gasteiger partial charge in [0.2, 0.25) is 0 Å². The number of H-pyrrole nitrogens is 1. The van der Waals surface area contributed by atoms with Gasteiger partial charge in [-0.05, 0) is 30.2 Å². The zero-order chi connectivity index (χ0) is 13.0. The zero-order valence-electron chi connectivity index (χ0n) is 10.7. The fourth-order valence-electron chi connectivity index (χ4n) is 1.83. The monoisotopic (exact) mass is 262 g/mol. The highest BCUT2D eigenvalue weighted by atomic mass is 32.2. The molecular formula is C14H18N2OS. The molecule has 0 aliphatic carbocycles. The van der Waals surface area contributed by atoms with Gasteiger partial charge in [-0.25, -0.2) is 0 Å². The Kier molecular flexibility index (Phi) is 4.31. The van der Waals surface area contributed by atoms with Crippen molar-refractivity contribution in [2.24, 2.45) is 0 Å². The van der Waals surface area contributed by atoms with Crippen LogP contribution < -0.4 is 10.9 Å². The van der Waals surface area contributed by atoms with E-state index >= 15 is 0 Å². The Labute approximate surface area is 111 Å². The lowest BCUT2D eigenvalue weighted by Gasteiger charge is -2.10. The number of thioether (sulfide) groups is 1. The average Bonchev–Trinajstić information content (AvgIpc) is 2.38. The second kappa shape index (κ2) is 5.96. The molecule has 2 N–H and O–H groups in total. The van der Waals surface area contributed by atoms with Crippen LogP contribution in [0.1, 0.15) is 13.3 Å². The predicted octanol–water partition coefficient (Wildman–Crippen LogP) is 3.08. The molecule has 1 unspecified atom stereocenters. The Morgan fingerprint density at radius 1 is 1.39 bits per heavy atom. The number of nitrogens with one attached hydrogen (secondary N) is 2. The molecule has 18 heavy (non-hydrogen) atoms. The molecule has 0 amide bonds. The van der Waals surface area contributed by atoms with Gasteiger partial charge in [0.15, 0.2) is 0 Å². The molecule has 1 heterocycles. The topological polar surface area (TPSA) is 44.9 Å². The van der Waals surface area contributed by atoms with Crippen molar-refractivity contribution >= 4 is 28.4 Å². The molecular weight excluding hydrogens is 244 g/mol. The van der Waals surface area contributed by atoms with Gasteiger partial charge in [-0.15, -0.1) is 0 Å². The predicted molar refractivity (Wildman–Crippen MR) is 80.7 cm³/mol. The number of anilines is 1. The largest absolute Gasteiger partial charge is 0.371 e. The van der Waals surface area contributed by atoms with E-state index in [0.717, 1.165) is 29.6 Å². The summed E-state index contributed by atoms with van der Waals surface area (Å²) in [6, 6.07) is 9.61. The number of aromatic amines is 1. The summed E-state index contributed by atoms with van der Waals surface area (Å²) in [6.45, 7) is 3.08. The summed E-state index contributed by atoms with van der Waals surface area (Å²) >= 11 is 1.85. The highest BCUT2D eigenvalue weighted by molar-refractivity contribution is 7.99. The van der Waals surface area contributed by atoms with Gasteiger partial charge < -0.3 is 10.3 Å². The molecule has 4 heteroatoms. The van der Waals surface area contributed by atoms with Gasteiger partial charge in [0.25, 0.3) is 5.56 Å². The fraction of sp³-hybridized carbons (Fsp3) is 0.357. The van der Waals surface area contributed by atoms with Gasteiger partial charge in [-0.2, -0.15) is 11.8 Å². The van der Waals surface area contributed by atoms with Crippen LogP contribution in [-0.2, 0) is 0 Å². The third-order valence-electron chi connectivity index (χ3n) is 3.02. The van der Waals surface area contributed by atoms with E-state index in [-0.39, 0.29) is 5.56 Å². The number of fused-ring (bicyclic) bond motifs is 1. The molecule has 2 rings (SSSR count). The van der Waals surface area contributed by atoms with E-state index in [9.17, 15) is 4.79 Å². The molecule has 0 fully saturated rings. The lowest BCUT2D eigenvalue weighted by Crippen LogP contribution is -2.13. The second-order valence-electron chi connectivity index (χ2n) is 4.36. The van der Waals surface area contributed by atoms with Crippen LogP contribution in [0.2, 0.25) is 0 Å². The molecule has 0 aliphatic heterocycles. The van der Waals surface area contributed by atoms with Crippen LogP contribution in [0.15, 0.2) is 35.1 Å². The van der Waals surface area contributed by atoms with Crippen LogP contribution in [0, 0.1) is 0 Å². The Morgan fingerprint density at radius 2 is 2.17 bits per heavy atom. The van der Waals surface area contributed by atoms with E-state index < -0.39 is 0 Å². The number of benzene rings is 1. The lowest BCUT2D eigenvalue weighted by molar-refractivity contribution is 0.850. The van der Waals surface area contributed by atoms with Crippen molar-refractivity contribution in [2.75, 3.05) is 18.1 Å². The highest BCUT2D eigenvalue weighted by Crippen LogP contribution is 2.14. The maximum Gasteiger partial charge on any atom is 0.257 e. The molecule has 0 saturated heterocycles. The lowest BCUT2D eigenvalue weighted by atomic mass is 10.2. The van der Waals surface area contributed by atoms with Crippen molar-refractivity contribution in [3.63, 3.8) is 0 Å². The van der Waals surface area contributed by atoms with Crippen LogP contribution in [-0.4, -0.2) is 23.0 Å². The van der Waals surface area contributed by atoms with Crippen LogP contribution >= 0.6 is 11.8 Å². The van der Waals surface area contributed by atoms with Crippen LogP contribution in [0.25, 0.3) is 10.8 Å². The van der Waals surface area contributed by atoms with Crippen LogP contribution in [0.3, 0.4) is 0 Å². The Hall–Kier alpha value is -1.42. The third-order valence-corrected chi connectivity index (χ3v) is 4.06. The van der Waals surface area contributed by atoms with E-state index in [1.54, 1.807) is 0 Å². The first-order valence-corrected chi connectivity index (χ1v) is 7.38. The quantitative estimate of drug-likeness (QED) is 0.870. The summed E-state index contributed by atoms with van der Waals surface area (Å²) in [5, 5.41) is 5.61. The number of hydrogen-bond acceptors (Lipinski definition) is 3. The first kappa shape index (κ1) is 13.0. The molecule has 96 valence electrons. The van der Waals surface area contributed by atoms with Gasteiger partial charge >= 0.3 is 0 Å². The Bertz CT molecular complexity index is 579. The first-order valence-electron chi connectivity index (χ1n) is 6.09. The minimum absolute atomic E-state index is 0.0338. The minimum Gasteiger partial charge on any atom is -0.371 e. The molecule has 0 bridgehead atoms. The van der Waals surface area contributed by atoms with Crippen molar-refractivity contribution in [2.45, 2.75) is 18.6 Å². The van der Waals surface area contributed by atoms with Crippen LogP contribution in [0.4, 0.5) is 5.82 Å². The Morgan fingerprint density at radius 3 is 2.94 bits per heavy atom. The van der Waals surface area contributed by atoms with E-state index in [1.807, 2.05) is 42.1 Å². The minimum atomic E-state index is -0.0338. The highest BCUT2D eigenvalue weighted by Gasteiger charge is 2.02. The third kappa shape index (κ3) is 3.07. The number of rotatable bonds is 5. The summed E-state index contributed by atoms with van der Waals surface area (Å²) in [4.78, 5) is 14.7. The maximum atomic E-state index is 11.9. The molecule has 0 radical (unpaired) electrons. The van der Waals surface area contributed by atoms with Crippen molar-refractivity contribution < 1.29 is 0 Å². The van der Waals surface area contributed by atoms with E-state index in [2.05, 4.69) is 23.5 Å². The molecule has 0 saturated carbocycles. The standard InChI is InChI=1S/C14H18N2OS/c1-10(18-2)7-8-15-13-9-11-5-3-4-6-12(11)14(17)16-13/h3-6,9-10H,7-8H2,1-2H3,(H2,15,16,17). The SMILES string of the molecule is CSC(C)CCNc1cc2ccccc2c(=O)[nH]1. The Balaban J connectivity index is 2.12. The van der Waals surface area contributed by atoms with E-state index in [1.165, 1.54) is 0 Å². The molecule has 1 aromatic heterocycles. The van der Waals surface area contributed by atoms with Gasteiger partial charge in [-0.1, -0.05) is 25.1 Å². The zero-order valence-corrected chi connectivity index (χ0v) is 11.5. The van der Waals surface area contributed by atoms with Crippen molar-refractivity contribution in [3.05, 3.63) is 40.7 Å². The molecule has 0 spiro atoms. The number of hydrogen-bond donors (Lipinski definition) is 2. The number of aromatic nitrogens is 1. The van der Waals surface area contributed by atoms with Gasteiger partial charge in [0.1, 0.15) is 5.82 Å². The molecule has 2 aromatic rings. The molecule has 3 nitrogen and oxygen atoms in total. The summed E-state index contributed by atoms with van der Waals surface area (Å²) in [6.07, 6.45) is 3.19. The van der Waals surface area contributed by atoms with E-state index in [4.69, 9.17) is 0 Å². The maximum absolute atomic E-state index is 11.9. The number of pyridine rings is 1. The fourth-order valence-corrected chi connectivity index (χ4v) is 2.19. The smallest absolute Gasteiger partial charge is 0.257 e. The second-order valence-corrected chi connectivity index (χ2v) is 5.64. The molecule has 1 aromatic carbocycles. The summed E-state index contributed by atoms with van der Waals surface area (Å²) in [5.41, 5.74) is -0.0338.